The van der Waals surface area contributed by atoms with E-state index < -0.39 is 0 Å². The van der Waals surface area contributed by atoms with Gasteiger partial charge in [-0.1, -0.05) is 24.3 Å². The molecule has 11 heteroatoms. The van der Waals surface area contributed by atoms with Crippen molar-refractivity contribution in [1.29, 1.82) is 0 Å². The number of benzene rings is 3. The number of anilines is 2. The smallest absolute Gasteiger partial charge is 0.254 e. The van der Waals surface area contributed by atoms with Crippen molar-refractivity contribution in [2.75, 3.05) is 46.2 Å². The molecule has 0 atom stereocenters. The Morgan fingerprint density at radius 3 is 1.73 bits per heavy atom. The highest BCUT2D eigenvalue weighted by molar-refractivity contribution is 5.83. The molecule has 0 aliphatic rings. The third-order valence-corrected chi connectivity index (χ3v) is 6.15. The molecule has 0 saturated carbocycles. The molecule has 3 aromatic carbocycles. The Bertz CT molecular complexity index is 1440. The maximum absolute atomic E-state index is 13.3. The average molecular weight is 548 g/mol. The van der Waals surface area contributed by atoms with Crippen LogP contribution < -0.4 is 34.3 Å². The number of carbonyl (C=O) groups is 1. The van der Waals surface area contributed by atoms with Crippen LogP contribution in [0.3, 0.4) is 0 Å². The molecule has 4 aromatic rings. The van der Waals surface area contributed by atoms with Gasteiger partial charge in [0, 0.05) is 13.1 Å². The third kappa shape index (κ3) is 6.73. The molecule has 0 amide bonds. The number of rotatable bonds is 13. The van der Waals surface area contributed by atoms with Crippen molar-refractivity contribution in [1.82, 2.24) is 14.8 Å². The van der Waals surface area contributed by atoms with E-state index in [1.54, 1.807) is 35.5 Å². The van der Waals surface area contributed by atoms with Crippen molar-refractivity contribution < 1.29 is 28.5 Å². The van der Waals surface area contributed by atoms with Crippen LogP contribution in [0.15, 0.2) is 60.7 Å². The summed E-state index contributed by atoms with van der Waals surface area (Å²) in [5.41, 5.74) is 2.67. The number of nitrogens with one attached hydrogen (secondary N) is 2. The Balaban J connectivity index is 1.54. The summed E-state index contributed by atoms with van der Waals surface area (Å²) in [4.78, 5) is 17.9. The molecule has 2 N–H and O–H groups in total. The zero-order chi connectivity index (χ0) is 28.5. The van der Waals surface area contributed by atoms with Crippen LogP contribution in [0, 0.1) is 0 Å². The molecule has 0 spiro atoms. The predicted molar refractivity (Wildman–Crippen MR) is 151 cm³/mol. The Kier molecular flexibility index (Phi) is 9.29. The summed E-state index contributed by atoms with van der Waals surface area (Å²) in [7, 11) is 7.94. The van der Waals surface area contributed by atoms with E-state index in [9.17, 15) is 4.79 Å². The highest BCUT2D eigenvalue weighted by atomic mass is 16.5. The SMILES string of the molecule is COc1ccc(CC(=O)n2nc(NCc3ccc(OC)c(OC)c3)nc2NCc2ccc(OC)c(OC)c2)cc1. The first-order chi connectivity index (χ1) is 19.5. The second-order valence-corrected chi connectivity index (χ2v) is 8.68. The largest absolute Gasteiger partial charge is 0.497 e. The summed E-state index contributed by atoms with van der Waals surface area (Å²) in [6, 6.07) is 18.5. The summed E-state index contributed by atoms with van der Waals surface area (Å²) in [5.74, 6) is 3.58. The number of ether oxygens (including phenoxy) is 5. The first kappa shape index (κ1) is 28.1. The van der Waals surface area contributed by atoms with Crippen LogP contribution in [0.4, 0.5) is 11.9 Å². The van der Waals surface area contributed by atoms with Gasteiger partial charge in [-0.15, -0.1) is 5.10 Å². The molecule has 0 saturated heterocycles. The lowest BCUT2D eigenvalue weighted by Crippen LogP contribution is -2.18. The molecule has 40 heavy (non-hydrogen) atoms. The summed E-state index contributed by atoms with van der Waals surface area (Å²) in [6.07, 6.45) is 0.132. The van der Waals surface area contributed by atoms with E-state index in [0.29, 0.717) is 48.0 Å². The van der Waals surface area contributed by atoms with E-state index in [1.807, 2.05) is 60.7 Å². The Labute approximate surface area is 233 Å². The van der Waals surface area contributed by atoms with Gasteiger partial charge in [0.05, 0.1) is 42.0 Å². The van der Waals surface area contributed by atoms with E-state index in [2.05, 4.69) is 20.7 Å². The highest BCUT2D eigenvalue weighted by Crippen LogP contribution is 2.29. The summed E-state index contributed by atoms with van der Waals surface area (Å²) in [6.45, 7) is 0.788. The Hall–Kier alpha value is -4.93. The highest BCUT2D eigenvalue weighted by Gasteiger charge is 2.18. The van der Waals surface area contributed by atoms with Crippen LogP contribution in [0.2, 0.25) is 0 Å². The maximum Gasteiger partial charge on any atom is 0.254 e. The minimum atomic E-state index is -0.244. The zero-order valence-corrected chi connectivity index (χ0v) is 23.2. The van der Waals surface area contributed by atoms with Crippen molar-refractivity contribution in [3.05, 3.63) is 77.4 Å². The van der Waals surface area contributed by atoms with Crippen molar-refractivity contribution >= 4 is 17.8 Å². The average Bonchev–Trinajstić information content (AvgIpc) is 3.42. The van der Waals surface area contributed by atoms with Crippen LogP contribution >= 0.6 is 0 Å². The molecule has 0 fully saturated rings. The zero-order valence-electron chi connectivity index (χ0n) is 23.2. The number of hydrogen-bond donors (Lipinski definition) is 2. The van der Waals surface area contributed by atoms with Gasteiger partial charge in [-0.3, -0.25) is 4.79 Å². The molecule has 210 valence electrons. The fourth-order valence-electron chi connectivity index (χ4n) is 4.01. The normalized spacial score (nSPS) is 10.5. The van der Waals surface area contributed by atoms with Crippen molar-refractivity contribution in [2.45, 2.75) is 19.5 Å². The van der Waals surface area contributed by atoms with Gasteiger partial charge < -0.3 is 34.3 Å². The van der Waals surface area contributed by atoms with E-state index in [0.717, 1.165) is 22.4 Å². The van der Waals surface area contributed by atoms with E-state index in [4.69, 9.17) is 23.7 Å². The van der Waals surface area contributed by atoms with E-state index in [-0.39, 0.29) is 12.3 Å². The van der Waals surface area contributed by atoms with Crippen LogP contribution in [0.1, 0.15) is 21.5 Å². The summed E-state index contributed by atoms with van der Waals surface area (Å²) in [5, 5.41) is 10.9. The lowest BCUT2D eigenvalue weighted by atomic mass is 10.1. The van der Waals surface area contributed by atoms with Gasteiger partial charge >= 0.3 is 0 Å². The van der Waals surface area contributed by atoms with Gasteiger partial charge in [-0.25, -0.2) is 0 Å². The van der Waals surface area contributed by atoms with Gasteiger partial charge in [0.25, 0.3) is 5.91 Å². The van der Waals surface area contributed by atoms with Crippen molar-refractivity contribution in [3.8, 4) is 28.7 Å². The van der Waals surface area contributed by atoms with Crippen LogP contribution in [-0.4, -0.2) is 56.2 Å². The minimum absolute atomic E-state index is 0.132. The van der Waals surface area contributed by atoms with Crippen molar-refractivity contribution in [2.24, 2.45) is 0 Å². The molecule has 0 aliphatic carbocycles. The molecular formula is C29H33N5O6. The standard InChI is InChI=1S/C29H33N5O6/c1-36-22-10-6-19(7-11-22)16-27(35)34-29(31-18-21-9-13-24(38-3)26(15-21)40-5)32-28(33-34)30-17-20-8-12-23(37-2)25(14-20)39-4/h6-15H,16-18H2,1-5H3,(H2,30,31,32,33). The molecule has 0 unspecified atom stereocenters. The molecule has 4 rings (SSSR count). The Morgan fingerprint density at radius 2 is 1.20 bits per heavy atom. The van der Waals surface area contributed by atoms with Gasteiger partial charge in [0.1, 0.15) is 5.75 Å². The number of nitrogens with zero attached hydrogens (tertiary/aromatic N) is 3. The second kappa shape index (κ2) is 13.2. The lowest BCUT2D eigenvalue weighted by molar-refractivity contribution is 0.0901. The molecule has 1 heterocycles. The molecule has 0 aliphatic heterocycles. The molecule has 1 aromatic heterocycles. The van der Waals surface area contributed by atoms with Crippen molar-refractivity contribution in [3.63, 3.8) is 0 Å². The summed E-state index contributed by atoms with van der Waals surface area (Å²) >= 11 is 0. The lowest BCUT2D eigenvalue weighted by Gasteiger charge is -2.11. The number of hydrogen-bond acceptors (Lipinski definition) is 10. The van der Waals surface area contributed by atoms with Gasteiger partial charge in [0.2, 0.25) is 11.9 Å². The monoisotopic (exact) mass is 547 g/mol. The van der Waals surface area contributed by atoms with Crippen LogP contribution in [-0.2, 0) is 19.5 Å². The molecule has 0 bridgehead atoms. The number of aromatic nitrogens is 3. The molecular weight excluding hydrogens is 514 g/mol. The predicted octanol–water partition coefficient (Wildman–Crippen LogP) is 4.43. The minimum Gasteiger partial charge on any atom is -0.497 e. The van der Waals surface area contributed by atoms with Gasteiger partial charge in [0.15, 0.2) is 23.0 Å². The third-order valence-electron chi connectivity index (χ3n) is 6.15. The second-order valence-electron chi connectivity index (χ2n) is 8.68. The number of methoxy groups -OCH3 is 5. The summed E-state index contributed by atoms with van der Waals surface area (Å²) < 4.78 is 27.9. The Morgan fingerprint density at radius 1 is 0.675 bits per heavy atom. The van der Waals surface area contributed by atoms with Gasteiger partial charge in [-0.05, 0) is 53.1 Å². The topological polar surface area (TPSA) is 118 Å². The van der Waals surface area contributed by atoms with Gasteiger partial charge in [-0.2, -0.15) is 9.67 Å². The molecule has 0 radical (unpaired) electrons. The van der Waals surface area contributed by atoms with Crippen LogP contribution in [0.25, 0.3) is 0 Å². The first-order valence-corrected chi connectivity index (χ1v) is 12.5. The fraction of sp³-hybridized carbons (Fsp3) is 0.276. The maximum atomic E-state index is 13.3. The first-order valence-electron chi connectivity index (χ1n) is 12.5. The van der Waals surface area contributed by atoms with E-state index >= 15 is 0 Å². The number of carbonyl (C=O) groups excluding carboxylic acids is 1. The quantitative estimate of drug-likeness (QED) is 0.249. The molecule has 11 nitrogen and oxygen atoms in total. The van der Waals surface area contributed by atoms with Crippen LogP contribution in [0.5, 0.6) is 28.7 Å². The van der Waals surface area contributed by atoms with E-state index in [1.165, 1.54) is 4.68 Å². The fourth-order valence-corrected chi connectivity index (χ4v) is 4.01.